The van der Waals surface area contributed by atoms with E-state index in [-0.39, 0.29) is 17.7 Å². The number of rotatable bonds is 3. The zero-order chi connectivity index (χ0) is 11.7. The number of fused-ring (bicyclic) bond motifs is 1. The second-order valence-electron chi connectivity index (χ2n) is 3.13. The molecule has 2 heterocycles. The van der Waals surface area contributed by atoms with Gasteiger partial charge in [-0.15, -0.1) is 6.42 Å². The molecule has 1 atom stereocenters. The minimum Gasteiger partial charge on any atom is -0.358 e. The third kappa shape index (κ3) is 1.59. The van der Waals surface area contributed by atoms with Crippen molar-refractivity contribution in [1.82, 2.24) is 9.38 Å². The highest BCUT2D eigenvalue weighted by molar-refractivity contribution is 7.15. The molecule has 1 unspecified atom stereocenters. The SMILES string of the molecule is C#CC(C)Nc1nc2sccn2c1[N+](=O)[O-]. The highest BCUT2D eigenvalue weighted by Gasteiger charge is 2.23. The number of thiazole rings is 1. The Labute approximate surface area is 95.1 Å². The summed E-state index contributed by atoms with van der Waals surface area (Å²) in [5.74, 6) is 2.56. The largest absolute Gasteiger partial charge is 0.372 e. The van der Waals surface area contributed by atoms with Crippen LogP contribution in [0.4, 0.5) is 11.6 Å². The van der Waals surface area contributed by atoms with Crippen LogP contribution in [0.3, 0.4) is 0 Å². The van der Waals surface area contributed by atoms with E-state index in [9.17, 15) is 10.1 Å². The van der Waals surface area contributed by atoms with Gasteiger partial charge >= 0.3 is 5.82 Å². The summed E-state index contributed by atoms with van der Waals surface area (Å²) in [5, 5.41) is 15.5. The summed E-state index contributed by atoms with van der Waals surface area (Å²) >= 11 is 1.33. The maximum Gasteiger partial charge on any atom is 0.372 e. The van der Waals surface area contributed by atoms with Crippen molar-refractivity contribution in [2.24, 2.45) is 0 Å². The molecule has 0 aliphatic heterocycles. The zero-order valence-electron chi connectivity index (χ0n) is 8.38. The van der Waals surface area contributed by atoms with Gasteiger partial charge in [-0.1, -0.05) is 17.3 Å². The third-order valence-corrected chi connectivity index (χ3v) is 2.77. The van der Waals surface area contributed by atoms with Crippen LogP contribution >= 0.6 is 11.3 Å². The van der Waals surface area contributed by atoms with E-state index in [4.69, 9.17) is 6.42 Å². The number of terminal acetylenes is 1. The van der Waals surface area contributed by atoms with Crippen LogP contribution in [0.15, 0.2) is 11.6 Å². The van der Waals surface area contributed by atoms with E-state index >= 15 is 0 Å². The van der Waals surface area contributed by atoms with Gasteiger partial charge in [0, 0.05) is 5.38 Å². The summed E-state index contributed by atoms with van der Waals surface area (Å²) in [6.07, 6.45) is 6.81. The first-order valence-corrected chi connectivity index (χ1v) is 5.34. The van der Waals surface area contributed by atoms with Crippen LogP contribution in [-0.2, 0) is 0 Å². The van der Waals surface area contributed by atoms with Gasteiger partial charge in [-0.3, -0.25) is 0 Å². The van der Waals surface area contributed by atoms with Crippen molar-refractivity contribution >= 4 is 27.9 Å². The lowest BCUT2D eigenvalue weighted by atomic mass is 10.3. The molecule has 0 spiro atoms. The summed E-state index contributed by atoms with van der Waals surface area (Å²) in [6, 6.07) is -0.302. The average molecular weight is 236 g/mol. The molecule has 2 rings (SSSR count). The van der Waals surface area contributed by atoms with Crippen LogP contribution in [0.25, 0.3) is 4.96 Å². The zero-order valence-corrected chi connectivity index (χ0v) is 9.19. The number of imidazole rings is 1. The number of nitro groups is 1. The number of anilines is 1. The Morgan fingerprint density at radius 1 is 1.81 bits per heavy atom. The van der Waals surface area contributed by atoms with Crippen LogP contribution in [0.1, 0.15) is 6.92 Å². The van der Waals surface area contributed by atoms with Gasteiger partial charge in [0.2, 0.25) is 5.82 Å². The Morgan fingerprint density at radius 3 is 3.19 bits per heavy atom. The smallest absolute Gasteiger partial charge is 0.358 e. The first-order valence-electron chi connectivity index (χ1n) is 4.46. The fraction of sp³-hybridized carbons (Fsp3) is 0.222. The number of nitrogens with zero attached hydrogens (tertiary/aromatic N) is 3. The lowest BCUT2D eigenvalue weighted by Crippen LogP contribution is -2.13. The fourth-order valence-corrected chi connectivity index (χ4v) is 2.00. The highest BCUT2D eigenvalue weighted by atomic mass is 32.1. The van der Waals surface area contributed by atoms with Gasteiger partial charge in [-0.2, -0.15) is 9.38 Å². The normalized spacial score (nSPS) is 12.2. The van der Waals surface area contributed by atoms with E-state index in [1.165, 1.54) is 15.7 Å². The van der Waals surface area contributed by atoms with Crippen molar-refractivity contribution in [3.63, 3.8) is 0 Å². The Hall–Kier alpha value is -2.07. The molecular weight excluding hydrogens is 228 g/mol. The van der Waals surface area contributed by atoms with Gasteiger partial charge < -0.3 is 15.4 Å². The van der Waals surface area contributed by atoms with Crippen molar-refractivity contribution in [1.29, 1.82) is 0 Å². The summed E-state index contributed by atoms with van der Waals surface area (Å²) in [4.78, 5) is 15.1. The number of hydrogen-bond acceptors (Lipinski definition) is 5. The molecule has 0 amide bonds. The maximum atomic E-state index is 10.9. The minimum atomic E-state index is -0.474. The van der Waals surface area contributed by atoms with E-state index in [1.54, 1.807) is 18.5 Å². The van der Waals surface area contributed by atoms with Gasteiger partial charge in [0.25, 0.3) is 4.96 Å². The van der Waals surface area contributed by atoms with Gasteiger partial charge in [-0.25, -0.2) is 0 Å². The van der Waals surface area contributed by atoms with Crippen molar-refractivity contribution in [2.45, 2.75) is 13.0 Å². The van der Waals surface area contributed by atoms with Crippen LogP contribution in [0, 0.1) is 22.5 Å². The second-order valence-corrected chi connectivity index (χ2v) is 4.00. The monoisotopic (exact) mass is 236 g/mol. The van der Waals surface area contributed by atoms with Crippen molar-refractivity contribution in [2.75, 3.05) is 5.32 Å². The molecule has 82 valence electrons. The first kappa shape index (κ1) is 10.4. The number of hydrogen-bond donors (Lipinski definition) is 1. The van der Waals surface area contributed by atoms with Gasteiger partial charge in [0.15, 0.2) is 0 Å². The fourth-order valence-electron chi connectivity index (χ4n) is 1.29. The number of aromatic nitrogens is 2. The third-order valence-electron chi connectivity index (χ3n) is 2.01. The molecule has 0 saturated heterocycles. The molecule has 7 heteroatoms. The standard InChI is InChI=1S/C9H8N4O2S/c1-3-6(2)10-7-8(13(14)15)12-4-5-16-9(12)11-7/h1,4-6,10H,2H3. The molecule has 1 N–H and O–H groups in total. The van der Waals surface area contributed by atoms with Gasteiger partial charge in [0.05, 0.1) is 6.04 Å². The predicted molar refractivity (Wildman–Crippen MR) is 61.6 cm³/mol. The molecule has 2 aromatic rings. The quantitative estimate of drug-likeness (QED) is 0.500. The molecule has 6 nitrogen and oxygen atoms in total. The predicted octanol–water partition coefficient (Wildman–Crippen LogP) is 1.74. The topological polar surface area (TPSA) is 72.5 Å². The molecule has 0 saturated carbocycles. The lowest BCUT2D eigenvalue weighted by Gasteiger charge is -2.04. The second kappa shape index (κ2) is 3.83. The van der Waals surface area contributed by atoms with E-state index in [1.807, 2.05) is 0 Å². The van der Waals surface area contributed by atoms with E-state index in [2.05, 4.69) is 16.2 Å². The molecule has 16 heavy (non-hydrogen) atoms. The Balaban J connectivity index is 2.52. The summed E-state index contributed by atoms with van der Waals surface area (Å²) in [7, 11) is 0. The molecule has 0 aliphatic rings. The van der Waals surface area contributed by atoms with E-state index < -0.39 is 4.92 Å². The van der Waals surface area contributed by atoms with Crippen LogP contribution < -0.4 is 5.32 Å². The molecule has 0 bridgehead atoms. The summed E-state index contributed by atoms with van der Waals surface area (Å²) in [5.41, 5.74) is 0. The van der Waals surface area contributed by atoms with Gasteiger partial charge in [-0.05, 0) is 11.8 Å². The molecular formula is C9H8N4O2S. The Kier molecular flexibility index (Phi) is 2.50. The first-order chi connectivity index (χ1) is 7.63. The molecule has 0 aromatic carbocycles. The van der Waals surface area contributed by atoms with E-state index in [0.717, 1.165) is 0 Å². The maximum absolute atomic E-state index is 10.9. The Bertz CT molecular complexity index is 580. The summed E-state index contributed by atoms with van der Waals surface area (Å²) in [6.45, 7) is 1.73. The van der Waals surface area contributed by atoms with Crippen LogP contribution in [0.2, 0.25) is 0 Å². The lowest BCUT2D eigenvalue weighted by molar-refractivity contribution is -0.389. The van der Waals surface area contributed by atoms with Crippen molar-refractivity contribution in [3.05, 3.63) is 21.7 Å². The summed E-state index contributed by atoms with van der Waals surface area (Å²) < 4.78 is 1.43. The average Bonchev–Trinajstić information content (AvgIpc) is 2.76. The molecule has 0 fully saturated rings. The van der Waals surface area contributed by atoms with Crippen LogP contribution in [-0.4, -0.2) is 20.3 Å². The molecule has 0 radical (unpaired) electrons. The van der Waals surface area contributed by atoms with E-state index in [0.29, 0.717) is 4.96 Å². The highest BCUT2D eigenvalue weighted by Crippen LogP contribution is 2.28. The molecule has 0 aliphatic carbocycles. The van der Waals surface area contributed by atoms with Crippen molar-refractivity contribution < 1.29 is 4.92 Å². The van der Waals surface area contributed by atoms with Crippen molar-refractivity contribution in [3.8, 4) is 12.3 Å². The minimum absolute atomic E-state index is 0.0849. The number of nitrogens with one attached hydrogen (secondary N) is 1. The van der Waals surface area contributed by atoms with Gasteiger partial charge in [0.1, 0.15) is 6.20 Å². The van der Waals surface area contributed by atoms with Crippen LogP contribution in [0.5, 0.6) is 0 Å². The Morgan fingerprint density at radius 2 is 2.56 bits per heavy atom. The molecule has 2 aromatic heterocycles.